The number of rotatable bonds is 6. The number of carbonyl (C=O) groups excluding carboxylic acids is 1. The summed E-state index contributed by atoms with van der Waals surface area (Å²) in [5.74, 6) is 0.570. The van der Waals surface area contributed by atoms with Crippen LogP contribution in [0.15, 0.2) is 54.6 Å². The Morgan fingerprint density at radius 3 is 2.54 bits per heavy atom. The lowest BCUT2D eigenvalue weighted by molar-refractivity contribution is 0.0943. The van der Waals surface area contributed by atoms with Crippen molar-refractivity contribution in [2.45, 2.75) is 19.8 Å². The van der Waals surface area contributed by atoms with Gasteiger partial charge in [-0.05, 0) is 30.7 Å². The molecule has 0 unspecified atom stereocenters. The molecule has 5 nitrogen and oxygen atoms in total. The largest absolute Gasteiger partial charge is 0.349 e. The van der Waals surface area contributed by atoms with E-state index in [-0.39, 0.29) is 11.7 Å². The summed E-state index contributed by atoms with van der Waals surface area (Å²) in [4.78, 5) is 21.1. The van der Waals surface area contributed by atoms with Crippen LogP contribution in [-0.4, -0.2) is 22.4 Å². The lowest BCUT2D eigenvalue weighted by Gasteiger charge is -2.11. The Balaban J connectivity index is 1.95. The number of nitrogens with one attached hydrogen (secondary N) is 2. The molecule has 0 atom stereocenters. The van der Waals surface area contributed by atoms with Gasteiger partial charge in [-0.1, -0.05) is 43.7 Å². The summed E-state index contributed by atoms with van der Waals surface area (Å²) in [6.07, 6.45) is 1.97. The first kappa shape index (κ1) is 15.9. The third-order valence-electron chi connectivity index (χ3n) is 3.66. The number of fused-ring (bicyclic) bond motifs is 1. The summed E-state index contributed by atoms with van der Waals surface area (Å²) < 4.78 is 0. The molecule has 0 saturated heterocycles. The minimum absolute atomic E-state index is 0.184. The van der Waals surface area contributed by atoms with Crippen LogP contribution < -0.4 is 10.6 Å². The average Bonchev–Trinajstić information content (AvgIpc) is 2.62. The van der Waals surface area contributed by atoms with Gasteiger partial charge in [0.1, 0.15) is 5.82 Å². The van der Waals surface area contributed by atoms with Gasteiger partial charge >= 0.3 is 0 Å². The molecule has 0 spiro atoms. The van der Waals surface area contributed by atoms with E-state index in [1.54, 1.807) is 0 Å². The second-order valence-corrected chi connectivity index (χ2v) is 5.51. The molecular weight excluding hydrogens is 300 g/mol. The maximum Gasteiger partial charge on any atom is 0.289 e. The van der Waals surface area contributed by atoms with Gasteiger partial charge in [0.2, 0.25) is 5.82 Å². The van der Waals surface area contributed by atoms with E-state index in [1.165, 1.54) is 0 Å². The van der Waals surface area contributed by atoms with Gasteiger partial charge in [0.05, 0.1) is 5.52 Å². The number of hydrogen-bond donors (Lipinski definition) is 2. The normalized spacial score (nSPS) is 10.5. The van der Waals surface area contributed by atoms with Crippen molar-refractivity contribution >= 4 is 28.3 Å². The lowest BCUT2D eigenvalue weighted by Crippen LogP contribution is -2.26. The van der Waals surface area contributed by atoms with Crippen molar-refractivity contribution in [2.75, 3.05) is 11.9 Å². The van der Waals surface area contributed by atoms with Crippen LogP contribution in [-0.2, 0) is 0 Å². The summed E-state index contributed by atoms with van der Waals surface area (Å²) in [6.45, 7) is 2.72. The van der Waals surface area contributed by atoms with Gasteiger partial charge in [0.15, 0.2) is 0 Å². The minimum atomic E-state index is -0.245. The Kier molecular flexibility index (Phi) is 5.01. The Hall–Kier alpha value is -2.95. The van der Waals surface area contributed by atoms with Crippen molar-refractivity contribution < 1.29 is 4.79 Å². The number of benzene rings is 2. The molecule has 122 valence electrons. The molecule has 0 saturated carbocycles. The topological polar surface area (TPSA) is 66.9 Å². The number of carbonyl (C=O) groups is 1. The zero-order valence-electron chi connectivity index (χ0n) is 13.6. The van der Waals surface area contributed by atoms with Crippen molar-refractivity contribution in [3.8, 4) is 0 Å². The number of hydrogen-bond acceptors (Lipinski definition) is 4. The van der Waals surface area contributed by atoms with Crippen LogP contribution in [0.2, 0.25) is 0 Å². The first-order chi connectivity index (χ1) is 11.8. The third kappa shape index (κ3) is 3.68. The lowest BCUT2D eigenvalue weighted by atomic mass is 10.2. The van der Waals surface area contributed by atoms with Gasteiger partial charge < -0.3 is 10.6 Å². The summed E-state index contributed by atoms with van der Waals surface area (Å²) in [5, 5.41) is 7.02. The first-order valence-corrected chi connectivity index (χ1v) is 8.15. The van der Waals surface area contributed by atoms with E-state index in [9.17, 15) is 4.79 Å². The first-order valence-electron chi connectivity index (χ1n) is 8.15. The average molecular weight is 320 g/mol. The van der Waals surface area contributed by atoms with Gasteiger partial charge in [-0.2, -0.15) is 0 Å². The molecule has 0 aliphatic heterocycles. The van der Waals surface area contributed by atoms with E-state index >= 15 is 0 Å². The van der Waals surface area contributed by atoms with E-state index in [0.717, 1.165) is 29.4 Å². The number of amides is 1. The van der Waals surface area contributed by atoms with E-state index in [0.29, 0.717) is 12.4 Å². The molecule has 2 aromatic carbocycles. The summed E-state index contributed by atoms with van der Waals surface area (Å²) in [6, 6.07) is 17.4. The zero-order valence-corrected chi connectivity index (χ0v) is 13.6. The van der Waals surface area contributed by atoms with Crippen LogP contribution in [0, 0.1) is 0 Å². The summed E-state index contributed by atoms with van der Waals surface area (Å²) in [7, 11) is 0. The Morgan fingerprint density at radius 1 is 1.00 bits per heavy atom. The number of para-hydroxylation sites is 2. The molecule has 0 radical (unpaired) electrons. The van der Waals surface area contributed by atoms with Gasteiger partial charge in [-0.15, -0.1) is 0 Å². The molecule has 1 aromatic heterocycles. The van der Waals surface area contributed by atoms with Crippen LogP contribution in [0.4, 0.5) is 11.5 Å². The summed E-state index contributed by atoms with van der Waals surface area (Å²) >= 11 is 0. The van der Waals surface area contributed by atoms with Gasteiger partial charge in [-0.3, -0.25) is 4.79 Å². The number of nitrogens with zero attached hydrogens (tertiary/aromatic N) is 2. The second-order valence-electron chi connectivity index (χ2n) is 5.51. The van der Waals surface area contributed by atoms with Crippen molar-refractivity contribution in [1.29, 1.82) is 0 Å². The maximum atomic E-state index is 12.3. The molecule has 1 heterocycles. The van der Waals surface area contributed by atoms with Crippen LogP contribution in [0.3, 0.4) is 0 Å². The third-order valence-corrected chi connectivity index (χ3v) is 3.66. The highest BCUT2D eigenvalue weighted by atomic mass is 16.2. The van der Waals surface area contributed by atoms with Crippen LogP contribution in [0.1, 0.15) is 30.4 Å². The van der Waals surface area contributed by atoms with Crippen LogP contribution in [0.25, 0.3) is 10.9 Å². The highest BCUT2D eigenvalue weighted by molar-refractivity contribution is 5.97. The highest BCUT2D eigenvalue weighted by Crippen LogP contribution is 2.23. The molecule has 0 aliphatic rings. The molecule has 24 heavy (non-hydrogen) atoms. The molecule has 3 aromatic rings. The standard InChI is InChI=1S/C19H20N4O/c1-2-3-13-20-19(24)18-22-16-12-8-7-11-15(16)17(23-18)21-14-9-5-4-6-10-14/h4-12H,2-3,13H2,1H3,(H,20,24)(H,21,22,23). The quantitative estimate of drug-likeness (QED) is 0.676. The fourth-order valence-corrected chi connectivity index (χ4v) is 2.39. The van der Waals surface area contributed by atoms with Crippen molar-refractivity contribution in [2.24, 2.45) is 0 Å². The Labute approximate surface area is 141 Å². The van der Waals surface area contributed by atoms with Crippen LogP contribution in [0.5, 0.6) is 0 Å². The van der Waals surface area contributed by atoms with E-state index < -0.39 is 0 Å². The molecule has 5 heteroatoms. The van der Waals surface area contributed by atoms with Crippen LogP contribution >= 0.6 is 0 Å². The molecular formula is C19H20N4O. The fourth-order valence-electron chi connectivity index (χ4n) is 2.39. The Morgan fingerprint density at radius 2 is 1.75 bits per heavy atom. The molecule has 3 rings (SSSR count). The second kappa shape index (κ2) is 7.55. The monoisotopic (exact) mass is 320 g/mol. The predicted octanol–water partition coefficient (Wildman–Crippen LogP) is 3.90. The van der Waals surface area contributed by atoms with E-state index in [4.69, 9.17) is 0 Å². The smallest absolute Gasteiger partial charge is 0.289 e. The number of aromatic nitrogens is 2. The zero-order chi connectivity index (χ0) is 16.8. The molecule has 1 amide bonds. The maximum absolute atomic E-state index is 12.3. The van der Waals surface area contributed by atoms with Crippen molar-refractivity contribution in [3.63, 3.8) is 0 Å². The van der Waals surface area contributed by atoms with Gasteiger partial charge in [-0.25, -0.2) is 9.97 Å². The van der Waals surface area contributed by atoms with Gasteiger partial charge in [0.25, 0.3) is 5.91 Å². The fraction of sp³-hybridized carbons (Fsp3) is 0.211. The molecule has 0 aliphatic carbocycles. The summed E-state index contributed by atoms with van der Waals surface area (Å²) in [5.41, 5.74) is 1.66. The SMILES string of the molecule is CCCCNC(=O)c1nc(Nc2ccccc2)c2ccccc2n1. The van der Waals surface area contributed by atoms with E-state index in [1.807, 2.05) is 54.6 Å². The van der Waals surface area contributed by atoms with Crippen molar-refractivity contribution in [1.82, 2.24) is 15.3 Å². The van der Waals surface area contributed by atoms with Gasteiger partial charge in [0, 0.05) is 17.6 Å². The number of anilines is 2. The Bertz CT molecular complexity index is 833. The molecule has 0 bridgehead atoms. The minimum Gasteiger partial charge on any atom is -0.349 e. The predicted molar refractivity (Wildman–Crippen MR) is 96.5 cm³/mol. The van der Waals surface area contributed by atoms with E-state index in [2.05, 4.69) is 27.5 Å². The number of unbranched alkanes of at least 4 members (excludes halogenated alkanes) is 1. The molecule has 2 N–H and O–H groups in total. The molecule has 0 fully saturated rings. The van der Waals surface area contributed by atoms with Crippen molar-refractivity contribution in [3.05, 3.63) is 60.4 Å². The highest BCUT2D eigenvalue weighted by Gasteiger charge is 2.13.